The number of nitrogens with one attached hydrogen (secondary N) is 1. The normalized spacial score (nSPS) is 12.1. The van der Waals surface area contributed by atoms with Gasteiger partial charge < -0.3 is 14.6 Å². The van der Waals surface area contributed by atoms with Crippen molar-refractivity contribution < 1.29 is 4.74 Å². The maximum Gasteiger partial charge on any atom is 0.124 e. The molecule has 0 unspecified atom stereocenters. The van der Waals surface area contributed by atoms with Gasteiger partial charge in [0.25, 0.3) is 0 Å². The molecule has 1 atom stereocenters. The summed E-state index contributed by atoms with van der Waals surface area (Å²) in [6, 6.07) is 9.63. The molecule has 0 amide bonds. The monoisotopic (exact) mass is 370 g/mol. The van der Waals surface area contributed by atoms with E-state index in [9.17, 15) is 0 Å². The van der Waals surface area contributed by atoms with E-state index in [1.807, 2.05) is 49.1 Å². The number of hydrogen-bond donors (Lipinski definition) is 1. The summed E-state index contributed by atoms with van der Waals surface area (Å²) in [6.45, 7) is 5.24. The Bertz CT molecular complexity index is 793. The van der Waals surface area contributed by atoms with E-state index in [0.717, 1.165) is 30.0 Å². The number of benzene rings is 1. The summed E-state index contributed by atoms with van der Waals surface area (Å²) in [4.78, 5) is 8.19. The number of ether oxygens (including phenoxy) is 1. The van der Waals surface area contributed by atoms with Crippen LogP contribution in [0.5, 0.6) is 5.75 Å². The van der Waals surface area contributed by atoms with E-state index in [1.165, 1.54) is 0 Å². The third kappa shape index (κ3) is 5.58. The SMILES string of the molecule is C[C@@H](CNCc1cc(Cl)ccc1OCc1cccnc1)Cn1ccnc1. The molecular formula is C20H23ClN4O. The van der Waals surface area contributed by atoms with Gasteiger partial charge in [0.05, 0.1) is 6.33 Å². The van der Waals surface area contributed by atoms with Crippen LogP contribution in [0, 0.1) is 5.92 Å². The van der Waals surface area contributed by atoms with E-state index in [-0.39, 0.29) is 0 Å². The summed E-state index contributed by atoms with van der Waals surface area (Å²) in [5.41, 5.74) is 2.09. The van der Waals surface area contributed by atoms with Gasteiger partial charge in [0.2, 0.25) is 0 Å². The number of nitrogens with zero attached hydrogens (tertiary/aromatic N) is 3. The summed E-state index contributed by atoms with van der Waals surface area (Å²) in [6.07, 6.45) is 9.20. The highest BCUT2D eigenvalue weighted by Crippen LogP contribution is 2.24. The molecule has 0 saturated heterocycles. The average molecular weight is 371 g/mol. The van der Waals surface area contributed by atoms with Crippen LogP contribution in [0.4, 0.5) is 0 Å². The van der Waals surface area contributed by atoms with Crippen molar-refractivity contribution in [1.82, 2.24) is 19.9 Å². The van der Waals surface area contributed by atoms with Gasteiger partial charge in [-0.15, -0.1) is 0 Å². The maximum absolute atomic E-state index is 6.17. The molecule has 1 aromatic carbocycles. The van der Waals surface area contributed by atoms with Gasteiger partial charge in [-0.2, -0.15) is 0 Å². The molecule has 0 aliphatic carbocycles. The Morgan fingerprint density at radius 1 is 1.23 bits per heavy atom. The number of aromatic nitrogens is 3. The molecule has 5 nitrogen and oxygen atoms in total. The largest absolute Gasteiger partial charge is 0.489 e. The molecule has 0 bridgehead atoms. The summed E-state index contributed by atoms with van der Waals surface area (Å²) in [5, 5.41) is 4.21. The van der Waals surface area contributed by atoms with Crippen LogP contribution in [0.3, 0.4) is 0 Å². The van der Waals surface area contributed by atoms with E-state index in [2.05, 4.69) is 26.8 Å². The highest BCUT2D eigenvalue weighted by atomic mass is 35.5. The highest BCUT2D eigenvalue weighted by molar-refractivity contribution is 6.30. The first-order chi connectivity index (χ1) is 12.7. The Kier molecular flexibility index (Phi) is 6.63. The minimum Gasteiger partial charge on any atom is -0.489 e. The Labute approximate surface area is 159 Å². The third-order valence-electron chi connectivity index (χ3n) is 4.03. The lowest BCUT2D eigenvalue weighted by Gasteiger charge is -2.16. The minimum absolute atomic E-state index is 0.486. The lowest BCUT2D eigenvalue weighted by atomic mass is 10.1. The predicted molar refractivity (Wildman–Crippen MR) is 103 cm³/mol. The highest BCUT2D eigenvalue weighted by Gasteiger charge is 2.08. The van der Waals surface area contributed by atoms with Gasteiger partial charge in [-0.1, -0.05) is 24.6 Å². The lowest BCUT2D eigenvalue weighted by molar-refractivity contribution is 0.301. The van der Waals surface area contributed by atoms with Crippen molar-refractivity contribution in [2.75, 3.05) is 6.54 Å². The molecule has 0 radical (unpaired) electrons. The zero-order valence-electron chi connectivity index (χ0n) is 14.8. The zero-order chi connectivity index (χ0) is 18.2. The van der Waals surface area contributed by atoms with Crippen LogP contribution in [0.2, 0.25) is 5.02 Å². The molecular weight excluding hydrogens is 348 g/mol. The van der Waals surface area contributed by atoms with Gasteiger partial charge in [0.1, 0.15) is 12.4 Å². The molecule has 2 heterocycles. The van der Waals surface area contributed by atoms with Crippen molar-refractivity contribution in [2.45, 2.75) is 26.6 Å². The predicted octanol–water partition coefficient (Wildman–Crippen LogP) is 3.94. The first-order valence-electron chi connectivity index (χ1n) is 8.67. The summed E-state index contributed by atoms with van der Waals surface area (Å²) in [5.74, 6) is 1.33. The Hall–Kier alpha value is -2.37. The summed E-state index contributed by atoms with van der Waals surface area (Å²) in [7, 11) is 0. The first-order valence-corrected chi connectivity index (χ1v) is 9.05. The van der Waals surface area contributed by atoms with Crippen LogP contribution in [-0.2, 0) is 19.7 Å². The van der Waals surface area contributed by atoms with Crippen molar-refractivity contribution in [3.8, 4) is 5.75 Å². The van der Waals surface area contributed by atoms with E-state index in [0.29, 0.717) is 24.1 Å². The van der Waals surface area contributed by atoms with Gasteiger partial charge in [0.15, 0.2) is 0 Å². The Morgan fingerprint density at radius 3 is 2.92 bits per heavy atom. The molecule has 6 heteroatoms. The number of pyridine rings is 1. The fourth-order valence-corrected chi connectivity index (χ4v) is 2.94. The number of hydrogen-bond acceptors (Lipinski definition) is 4. The van der Waals surface area contributed by atoms with Crippen molar-refractivity contribution in [1.29, 1.82) is 0 Å². The standard InChI is InChI=1S/C20H23ClN4O/c1-16(13-25-8-7-23-15-25)10-24-12-18-9-19(21)4-5-20(18)26-14-17-3-2-6-22-11-17/h2-9,11,15-16,24H,10,12-14H2,1H3/t16-/m0/s1. The molecule has 26 heavy (non-hydrogen) atoms. The summed E-state index contributed by atoms with van der Waals surface area (Å²) >= 11 is 6.17. The molecule has 1 N–H and O–H groups in total. The minimum atomic E-state index is 0.486. The van der Waals surface area contributed by atoms with Crippen LogP contribution in [0.15, 0.2) is 61.4 Å². The van der Waals surface area contributed by atoms with Crippen molar-refractivity contribution in [3.05, 3.63) is 77.6 Å². The molecule has 0 fully saturated rings. The van der Waals surface area contributed by atoms with Gasteiger partial charge in [0, 0.05) is 54.0 Å². The molecule has 3 aromatic rings. The second kappa shape index (κ2) is 9.36. The fourth-order valence-electron chi connectivity index (χ4n) is 2.74. The second-order valence-corrected chi connectivity index (χ2v) is 6.83. The average Bonchev–Trinajstić information content (AvgIpc) is 3.15. The molecule has 136 valence electrons. The Balaban J connectivity index is 1.53. The summed E-state index contributed by atoms with van der Waals surface area (Å²) < 4.78 is 8.06. The van der Waals surface area contributed by atoms with Gasteiger partial charge >= 0.3 is 0 Å². The van der Waals surface area contributed by atoms with Crippen LogP contribution in [-0.4, -0.2) is 21.1 Å². The van der Waals surface area contributed by atoms with Crippen LogP contribution in [0.25, 0.3) is 0 Å². The van der Waals surface area contributed by atoms with Gasteiger partial charge in [-0.3, -0.25) is 4.98 Å². The molecule has 0 saturated carbocycles. The quantitative estimate of drug-likeness (QED) is 0.620. The van der Waals surface area contributed by atoms with Gasteiger partial charge in [-0.25, -0.2) is 4.98 Å². The van der Waals surface area contributed by atoms with Crippen molar-refractivity contribution >= 4 is 11.6 Å². The van der Waals surface area contributed by atoms with Crippen LogP contribution in [0.1, 0.15) is 18.1 Å². The maximum atomic E-state index is 6.17. The third-order valence-corrected chi connectivity index (χ3v) is 4.26. The number of halogens is 1. The van der Waals surface area contributed by atoms with E-state index >= 15 is 0 Å². The first kappa shape index (κ1) is 18.4. The van der Waals surface area contributed by atoms with E-state index in [1.54, 1.807) is 12.4 Å². The lowest BCUT2D eigenvalue weighted by Crippen LogP contribution is -2.23. The molecule has 0 spiro atoms. The molecule has 2 aromatic heterocycles. The smallest absolute Gasteiger partial charge is 0.124 e. The number of rotatable bonds is 9. The van der Waals surface area contributed by atoms with Crippen molar-refractivity contribution in [2.24, 2.45) is 5.92 Å². The van der Waals surface area contributed by atoms with Gasteiger partial charge in [-0.05, 0) is 36.7 Å². The number of imidazole rings is 1. The second-order valence-electron chi connectivity index (χ2n) is 6.40. The van der Waals surface area contributed by atoms with E-state index in [4.69, 9.17) is 16.3 Å². The topological polar surface area (TPSA) is 52.0 Å². The zero-order valence-corrected chi connectivity index (χ0v) is 15.6. The molecule has 0 aliphatic heterocycles. The fraction of sp³-hybridized carbons (Fsp3) is 0.300. The molecule has 3 rings (SSSR count). The Morgan fingerprint density at radius 2 is 2.15 bits per heavy atom. The van der Waals surface area contributed by atoms with Crippen molar-refractivity contribution in [3.63, 3.8) is 0 Å². The van der Waals surface area contributed by atoms with E-state index < -0.39 is 0 Å². The molecule has 0 aliphatic rings. The van der Waals surface area contributed by atoms with Crippen LogP contribution >= 0.6 is 11.6 Å². The van der Waals surface area contributed by atoms with Crippen LogP contribution < -0.4 is 10.1 Å².